The van der Waals surface area contributed by atoms with Crippen LogP contribution in [-0.2, 0) is 18.3 Å². The number of carboxylic acids is 1. The lowest BCUT2D eigenvalue weighted by Gasteiger charge is -2.21. The number of ether oxygens (including phenoxy) is 1. The Balaban J connectivity index is 0.000000566. The molecule has 0 saturated carbocycles. The largest absolute Gasteiger partial charge is 0.496 e. The molecular weight excluding hydrogens is 604 g/mol. The lowest BCUT2D eigenvalue weighted by Crippen LogP contribution is -2.21. The first-order valence-electron chi connectivity index (χ1n) is 13.1. The number of hydrogen-bond donors (Lipinski definition) is 3. The summed E-state index contributed by atoms with van der Waals surface area (Å²) in [6.07, 6.45) is -2.65. The number of benzene rings is 3. The van der Waals surface area contributed by atoms with Gasteiger partial charge >= 0.3 is 12.1 Å². The Labute approximate surface area is 254 Å². The number of halogens is 5. The van der Waals surface area contributed by atoms with Crippen molar-refractivity contribution in [3.8, 4) is 17.1 Å². The van der Waals surface area contributed by atoms with E-state index in [1.54, 1.807) is 49.3 Å². The average molecular weight is 631 g/mol. The lowest BCUT2D eigenvalue weighted by atomic mass is 10.0. The molecule has 14 heteroatoms. The second kappa shape index (κ2) is 13.2. The molecule has 5 aromatic rings. The molecule has 44 heavy (non-hydrogen) atoms. The summed E-state index contributed by atoms with van der Waals surface area (Å²) in [6.45, 7) is 2.03. The van der Waals surface area contributed by atoms with Crippen LogP contribution in [0.3, 0.4) is 0 Å². The van der Waals surface area contributed by atoms with E-state index in [2.05, 4.69) is 15.4 Å². The number of rotatable bonds is 7. The van der Waals surface area contributed by atoms with E-state index < -0.39 is 18.2 Å². The molecule has 0 aliphatic carbocycles. The summed E-state index contributed by atoms with van der Waals surface area (Å²) in [5, 5.41) is 17.5. The van der Waals surface area contributed by atoms with Crippen molar-refractivity contribution in [2.75, 3.05) is 18.2 Å². The van der Waals surface area contributed by atoms with Crippen molar-refractivity contribution in [3.05, 3.63) is 94.7 Å². The molecule has 9 nitrogen and oxygen atoms in total. The van der Waals surface area contributed by atoms with Crippen LogP contribution in [0, 0.1) is 5.82 Å². The number of aryl methyl sites for hydroxylation is 2. The van der Waals surface area contributed by atoms with Gasteiger partial charge in [-0.2, -0.15) is 18.3 Å². The molecule has 0 aliphatic rings. The van der Waals surface area contributed by atoms with Crippen molar-refractivity contribution < 1.29 is 32.2 Å². The number of nitrogens with zero attached hydrogens (tertiary/aromatic N) is 4. The van der Waals surface area contributed by atoms with Crippen LogP contribution in [0.4, 0.5) is 29.1 Å². The zero-order valence-corrected chi connectivity index (χ0v) is 24.4. The minimum absolute atomic E-state index is 0.339. The molecule has 0 saturated heterocycles. The molecule has 1 atom stereocenters. The molecule has 3 aromatic carbocycles. The van der Waals surface area contributed by atoms with Gasteiger partial charge in [-0.3, -0.25) is 4.68 Å². The van der Waals surface area contributed by atoms with Gasteiger partial charge in [-0.05, 0) is 65.9 Å². The van der Waals surface area contributed by atoms with Crippen molar-refractivity contribution in [2.24, 2.45) is 7.05 Å². The van der Waals surface area contributed by atoms with Gasteiger partial charge in [0.25, 0.3) is 0 Å². The predicted molar refractivity (Wildman–Crippen MR) is 159 cm³/mol. The first-order valence-corrected chi connectivity index (χ1v) is 13.4. The van der Waals surface area contributed by atoms with Crippen molar-refractivity contribution in [1.82, 2.24) is 19.7 Å². The van der Waals surface area contributed by atoms with Crippen molar-refractivity contribution in [1.29, 1.82) is 0 Å². The Morgan fingerprint density at radius 2 is 1.86 bits per heavy atom. The molecular formula is C30H27ClF4N6O3. The smallest absolute Gasteiger partial charge is 0.490 e. The molecule has 0 aliphatic heterocycles. The van der Waals surface area contributed by atoms with Crippen molar-refractivity contribution >= 4 is 39.8 Å². The third-order valence-electron chi connectivity index (χ3n) is 6.59. The number of nitrogen functional groups attached to an aromatic ring is 1. The summed E-state index contributed by atoms with van der Waals surface area (Å²) in [7, 11) is 3.36. The minimum atomic E-state index is -5.08. The number of alkyl halides is 3. The van der Waals surface area contributed by atoms with Crippen LogP contribution in [0.5, 0.6) is 5.75 Å². The highest BCUT2D eigenvalue weighted by atomic mass is 35.5. The summed E-state index contributed by atoms with van der Waals surface area (Å²) in [5.74, 6) is -1.10. The number of fused-ring (bicyclic) bond motifs is 1. The number of pyridine rings is 1. The Kier molecular flexibility index (Phi) is 9.58. The summed E-state index contributed by atoms with van der Waals surface area (Å²) >= 11 is 6.26. The maximum absolute atomic E-state index is 15.3. The van der Waals surface area contributed by atoms with Crippen LogP contribution in [-0.4, -0.2) is 44.1 Å². The number of hydrogen-bond acceptors (Lipinski definition) is 7. The maximum Gasteiger partial charge on any atom is 0.490 e. The van der Waals surface area contributed by atoms with Crippen LogP contribution in [0.2, 0.25) is 5.02 Å². The van der Waals surface area contributed by atoms with Crippen LogP contribution in [0.15, 0.2) is 66.9 Å². The highest BCUT2D eigenvalue weighted by Gasteiger charge is 2.38. The highest BCUT2D eigenvalue weighted by Crippen LogP contribution is 2.34. The zero-order chi connectivity index (χ0) is 32.2. The zero-order valence-electron chi connectivity index (χ0n) is 23.7. The van der Waals surface area contributed by atoms with E-state index in [4.69, 9.17) is 37.0 Å². The van der Waals surface area contributed by atoms with Gasteiger partial charge in [-0.1, -0.05) is 30.7 Å². The third kappa shape index (κ3) is 7.17. The molecule has 0 amide bonds. The minimum Gasteiger partial charge on any atom is -0.496 e. The van der Waals surface area contributed by atoms with Gasteiger partial charge in [0.05, 0.1) is 12.7 Å². The van der Waals surface area contributed by atoms with Gasteiger partial charge in [-0.25, -0.2) is 19.2 Å². The van der Waals surface area contributed by atoms with Gasteiger partial charge in [0, 0.05) is 34.9 Å². The first-order chi connectivity index (χ1) is 20.8. The van der Waals surface area contributed by atoms with Crippen LogP contribution >= 0.6 is 11.6 Å². The Morgan fingerprint density at radius 1 is 1.14 bits per heavy atom. The SMILES string of the molecule is CCc1ccc(F)c(C(Nc2ccc3c(N)nccc3c2)c2nc(-c3cc(Cl)ccc3OC)nn2C)c1.O=C(O)C(F)(F)F. The van der Waals surface area contributed by atoms with Crippen molar-refractivity contribution in [2.45, 2.75) is 25.6 Å². The van der Waals surface area contributed by atoms with E-state index in [0.717, 1.165) is 28.4 Å². The normalized spacial score (nSPS) is 11.9. The molecule has 0 bridgehead atoms. The number of nitrogens with one attached hydrogen (secondary N) is 1. The number of methoxy groups -OCH3 is 1. The monoisotopic (exact) mass is 630 g/mol. The van der Waals surface area contributed by atoms with Gasteiger partial charge in [-0.15, -0.1) is 0 Å². The van der Waals surface area contributed by atoms with E-state index in [0.29, 0.717) is 39.4 Å². The van der Waals surface area contributed by atoms with Gasteiger partial charge < -0.3 is 20.9 Å². The second-order valence-corrected chi connectivity index (χ2v) is 9.92. The number of nitrogens with two attached hydrogens (primary N) is 1. The summed E-state index contributed by atoms with van der Waals surface area (Å²) in [5.41, 5.74) is 8.93. The molecule has 230 valence electrons. The Morgan fingerprint density at radius 3 is 2.52 bits per heavy atom. The Bertz CT molecular complexity index is 1810. The average Bonchev–Trinajstić information content (AvgIpc) is 3.37. The summed E-state index contributed by atoms with van der Waals surface area (Å²) in [6, 6.07) is 17.4. The van der Waals surface area contributed by atoms with Crippen LogP contribution < -0.4 is 15.8 Å². The summed E-state index contributed by atoms with van der Waals surface area (Å²) in [4.78, 5) is 17.9. The van der Waals surface area contributed by atoms with E-state index >= 15 is 4.39 Å². The van der Waals surface area contributed by atoms with Crippen LogP contribution in [0.25, 0.3) is 22.2 Å². The molecule has 1 unspecified atom stereocenters. The predicted octanol–water partition coefficient (Wildman–Crippen LogP) is 6.81. The number of anilines is 2. The molecule has 2 aromatic heterocycles. The summed E-state index contributed by atoms with van der Waals surface area (Å²) < 4.78 is 54.2. The number of carbonyl (C=O) groups is 1. The fourth-order valence-electron chi connectivity index (χ4n) is 4.39. The molecule has 0 spiro atoms. The fraction of sp³-hybridized carbons (Fsp3) is 0.200. The Hall–Kier alpha value is -4.91. The highest BCUT2D eigenvalue weighted by molar-refractivity contribution is 6.30. The molecule has 0 radical (unpaired) electrons. The van der Waals surface area contributed by atoms with Gasteiger partial charge in [0.2, 0.25) is 0 Å². The second-order valence-electron chi connectivity index (χ2n) is 9.48. The van der Waals surface area contributed by atoms with Crippen molar-refractivity contribution in [3.63, 3.8) is 0 Å². The first kappa shape index (κ1) is 32.0. The topological polar surface area (TPSA) is 128 Å². The van der Waals surface area contributed by atoms with Gasteiger partial charge in [0.1, 0.15) is 23.4 Å². The third-order valence-corrected chi connectivity index (χ3v) is 6.82. The van der Waals surface area contributed by atoms with E-state index in [-0.39, 0.29) is 5.82 Å². The lowest BCUT2D eigenvalue weighted by molar-refractivity contribution is -0.192. The number of aromatic nitrogens is 4. The molecule has 4 N–H and O–H groups in total. The van der Waals surface area contributed by atoms with E-state index in [9.17, 15) is 13.2 Å². The quantitative estimate of drug-likeness (QED) is 0.167. The van der Waals surface area contributed by atoms with E-state index in [1.165, 1.54) is 6.07 Å². The van der Waals surface area contributed by atoms with E-state index in [1.807, 2.05) is 37.3 Å². The molecule has 2 heterocycles. The van der Waals surface area contributed by atoms with Crippen LogP contribution in [0.1, 0.15) is 29.9 Å². The van der Waals surface area contributed by atoms with Gasteiger partial charge in [0.15, 0.2) is 11.6 Å². The molecule has 5 rings (SSSR count). The fourth-order valence-corrected chi connectivity index (χ4v) is 4.56. The number of carboxylic acid groups (broad SMARTS) is 1. The standard InChI is InChI=1S/C28H26ClFN6O.C2HF3O2/c1-4-16-5-9-23(30)21(13-16)25(33-19-7-8-20-17(14-19)11-12-32-26(20)31)28-34-27(35-36(28)2)22-15-18(29)6-10-24(22)37-3;3-2(4,5)1(6)7/h5-15,25,33H,4H2,1-3H3,(H2,31,32);(H,6,7). The molecule has 0 fully saturated rings. The maximum atomic E-state index is 15.3. The number of aliphatic carboxylic acids is 1.